The number of carbonyl (C=O) groups is 1. The predicted molar refractivity (Wildman–Crippen MR) is 139 cm³/mol. The summed E-state index contributed by atoms with van der Waals surface area (Å²) in [5, 5.41) is 10.2. The summed E-state index contributed by atoms with van der Waals surface area (Å²) in [7, 11) is 0. The minimum atomic E-state index is -0.749. The van der Waals surface area contributed by atoms with Crippen LogP contribution in [-0.4, -0.2) is 29.3 Å². The van der Waals surface area contributed by atoms with Crippen LogP contribution in [0.4, 0.5) is 5.13 Å². The molecule has 1 amide bonds. The van der Waals surface area contributed by atoms with Crippen LogP contribution in [-0.2, 0) is 0 Å². The van der Waals surface area contributed by atoms with E-state index >= 15 is 0 Å². The molecule has 4 aromatic rings. The average Bonchev–Trinajstić information content (AvgIpc) is 3.47. The summed E-state index contributed by atoms with van der Waals surface area (Å²) in [6, 6.07) is 11.7. The maximum absolute atomic E-state index is 13.8. The maximum Gasteiger partial charge on any atom is 0.297 e. The fourth-order valence-electron chi connectivity index (χ4n) is 4.28. The normalized spacial score (nSPS) is 15.1. The van der Waals surface area contributed by atoms with Gasteiger partial charge in [0.05, 0.1) is 30.2 Å². The molecule has 0 aliphatic carbocycles. The third kappa shape index (κ3) is 4.03. The molecule has 1 atom stereocenters. The number of anilines is 1. The van der Waals surface area contributed by atoms with E-state index in [9.17, 15) is 9.59 Å². The number of nitrogens with zero attached hydrogens (tertiary/aromatic N) is 3. The van der Waals surface area contributed by atoms with Crippen LogP contribution < -0.4 is 19.8 Å². The fourth-order valence-corrected chi connectivity index (χ4v) is 5.16. The smallest absolute Gasteiger partial charge is 0.297 e. The van der Waals surface area contributed by atoms with Gasteiger partial charge in [-0.25, -0.2) is 0 Å². The second kappa shape index (κ2) is 9.73. The molecule has 0 saturated heterocycles. The summed E-state index contributed by atoms with van der Waals surface area (Å²) in [6.07, 6.45) is 0.856. The van der Waals surface area contributed by atoms with Crippen LogP contribution in [0.3, 0.4) is 0 Å². The molecule has 0 N–H and O–H groups in total. The molecule has 0 spiro atoms. The lowest BCUT2D eigenvalue weighted by molar-refractivity contribution is 0.0970. The first kappa shape index (κ1) is 24.0. The summed E-state index contributed by atoms with van der Waals surface area (Å²) in [4.78, 5) is 29.0. The van der Waals surface area contributed by atoms with Gasteiger partial charge in [0.2, 0.25) is 10.9 Å². The summed E-state index contributed by atoms with van der Waals surface area (Å²) in [6.45, 7) is 8.95. The Balaban J connectivity index is 1.73. The highest BCUT2D eigenvalue weighted by Crippen LogP contribution is 2.44. The standard InChI is InChI=1S/C27H27N3O5S/c1-5-13-34-19-12-11-16(14-20(19)33-6-2)22-21-23(31)17-9-7-8-10-18(17)35-24(21)26(32)30(22)27-29-28-25(36-27)15(3)4/h7-12,14-15,22H,5-6,13H2,1-4H3. The van der Waals surface area contributed by atoms with Crippen LogP contribution >= 0.6 is 11.3 Å². The zero-order valence-electron chi connectivity index (χ0n) is 20.6. The molecule has 8 nitrogen and oxygen atoms in total. The fraction of sp³-hybridized carbons (Fsp3) is 0.333. The van der Waals surface area contributed by atoms with Gasteiger partial charge in [-0.3, -0.25) is 14.5 Å². The third-order valence-corrected chi connectivity index (χ3v) is 7.18. The molecule has 0 radical (unpaired) electrons. The van der Waals surface area contributed by atoms with E-state index in [1.54, 1.807) is 24.3 Å². The number of benzene rings is 2. The Morgan fingerprint density at radius 1 is 1.06 bits per heavy atom. The first-order valence-corrected chi connectivity index (χ1v) is 12.9. The van der Waals surface area contributed by atoms with E-state index in [2.05, 4.69) is 10.2 Å². The molecule has 1 unspecified atom stereocenters. The van der Waals surface area contributed by atoms with Crippen molar-refractivity contribution in [1.29, 1.82) is 0 Å². The van der Waals surface area contributed by atoms with E-state index in [4.69, 9.17) is 13.9 Å². The van der Waals surface area contributed by atoms with Crippen molar-refractivity contribution in [2.75, 3.05) is 18.1 Å². The van der Waals surface area contributed by atoms with Gasteiger partial charge in [-0.05, 0) is 43.2 Å². The summed E-state index contributed by atoms with van der Waals surface area (Å²) in [5.74, 6) is 0.913. The van der Waals surface area contributed by atoms with Gasteiger partial charge in [0.25, 0.3) is 5.91 Å². The van der Waals surface area contributed by atoms with Crippen LogP contribution in [0.1, 0.15) is 72.8 Å². The van der Waals surface area contributed by atoms with Crippen molar-refractivity contribution in [3.05, 3.63) is 74.6 Å². The van der Waals surface area contributed by atoms with Crippen molar-refractivity contribution in [2.45, 2.75) is 46.1 Å². The Morgan fingerprint density at radius 2 is 1.86 bits per heavy atom. The number of carbonyl (C=O) groups excluding carboxylic acids is 1. The Kier molecular flexibility index (Phi) is 6.49. The molecule has 9 heteroatoms. The molecule has 0 saturated carbocycles. The van der Waals surface area contributed by atoms with Crippen LogP contribution in [0.2, 0.25) is 0 Å². The molecule has 186 valence electrons. The Labute approximate surface area is 212 Å². The largest absolute Gasteiger partial charge is 0.490 e. The molecule has 3 heterocycles. The van der Waals surface area contributed by atoms with E-state index in [0.717, 1.165) is 11.4 Å². The van der Waals surface area contributed by atoms with Crippen molar-refractivity contribution in [1.82, 2.24) is 10.2 Å². The van der Waals surface area contributed by atoms with Gasteiger partial charge in [-0.15, -0.1) is 10.2 Å². The van der Waals surface area contributed by atoms with E-state index in [-0.39, 0.29) is 22.7 Å². The SMILES string of the molecule is CCCOc1ccc(C2c3c(oc4ccccc4c3=O)C(=O)N2c2nnc(C(C)C)s2)cc1OCC. The van der Waals surface area contributed by atoms with E-state index < -0.39 is 11.9 Å². The number of aromatic nitrogens is 2. The first-order valence-electron chi connectivity index (χ1n) is 12.1. The number of fused-ring (bicyclic) bond motifs is 2. The van der Waals surface area contributed by atoms with E-state index in [1.807, 2.05) is 45.9 Å². The van der Waals surface area contributed by atoms with E-state index in [1.165, 1.54) is 16.2 Å². The molecule has 0 fully saturated rings. The Hall–Kier alpha value is -3.72. The summed E-state index contributed by atoms with van der Waals surface area (Å²) >= 11 is 1.33. The molecule has 36 heavy (non-hydrogen) atoms. The van der Waals surface area contributed by atoms with Crippen LogP contribution in [0.25, 0.3) is 11.0 Å². The van der Waals surface area contributed by atoms with Gasteiger partial charge >= 0.3 is 0 Å². The zero-order valence-corrected chi connectivity index (χ0v) is 21.4. The highest BCUT2D eigenvalue weighted by molar-refractivity contribution is 7.15. The number of hydrogen-bond acceptors (Lipinski definition) is 8. The monoisotopic (exact) mass is 505 g/mol. The van der Waals surface area contributed by atoms with Crippen LogP contribution in [0.15, 0.2) is 51.7 Å². The van der Waals surface area contributed by atoms with Gasteiger partial charge in [0, 0.05) is 5.92 Å². The Morgan fingerprint density at radius 3 is 2.58 bits per heavy atom. The minimum absolute atomic E-state index is 0.0225. The molecular weight excluding hydrogens is 478 g/mol. The van der Waals surface area contributed by atoms with Gasteiger partial charge < -0.3 is 13.9 Å². The maximum atomic E-state index is 13.8. The quantitative estimate of drug-likeness (QED) is 0.303. The van der Waals surface area contributed by atoms with E-state index in [0.29, 0.717) is 46.4 Å². The first-order chi connectivity index (χ1) is 17.4. The summed E-state index contributed by atoms with van der Waals surface area (Å²) < 4.78 is 17.8. The summed E-state index contributed by atoms with van der Waals surface area (Å²) in [5.41, 5.74) is 1.10. The molecule has 2 aromatic carbocycles. The van der Waals surface area contributed by atoms with Gasteiger partial charge in [-0.2, -0.15) is 0 Å². The van der Waals surface area contributed by atoms with Crippen molar-refractivity contribution in [3.8, 4) is 11.5 Å². The zero-order chi connectivity index (χ0) is 25.4. The van der Waals surface area contributed by atoms with Crippen LogP contribution in [0.5, 0.6) is 11.5 Å². The van der Waals surface area contributed by atoms with Crippen molar-refractivity contribution in [3.63, 3.8) is 0 Å². The topological polar surface area (TPSA) is 94.8 Å². The van der Waals surface area contributed by atoms with Gasteiger partial charge in [0.1, 0.15) is 10.6 Å². The van der Waals surface area contributed by atoms with Gasteiger partial charge in [0.15, 0.2) is 16.9 Å². The minimum Gasteiger partial charge on any atom is -0.490 e. The number of hydrogen-bond donors (Lipinski definition) is 0. The van der Waals surface area contributed by atoms with Crippen LogP contribution in [0, 0.1) is 0 Å². The molecule has 0 bridgehead atoms. The molecular formula is C27H27N3O5S. The lowest BCUT2D eigenvalue weighted by Gasteiger charge is -2.23. The molecule has 1 aliphatic heterocycles. The Bertz CT molecular complexity index is 1490. The second-order valence-electron chi connectivity index (χ2n) is 8.81. The van der Waals surface area contributed by atoms with Crippen molar-refractivity contribution in [2.24, 2.45) is 0 Å². The number of amides is 1. The molecule has 5 rings (SSSR count). The molecule has 2 aromatic heterocycles. The third-order valence-electron chi connectivity index (χ3n) is 5.95. The lowest BCUT2D eigenvalue weighted by atomic mass is 9.98. The lowest BCUT2D eigenvalue weighted by Crippen LogP contribution is -2.29. The highest BCUT2D eigenvalue weighted by Gasteiger charge is 2.45. The number of rotatable bonds is 8. The van der Waals surface area contributed by atoms with Crippen molar-refractivity contribution >= 4 is 33.3 Å². The second-order valence-corrected chi connectivity index (χ2v) is 9.80. The predicted octanol–water partition coefficient (Wildman–Crippen LogP) is 5.71. The number of ether oxygens (including phenoxy) is 2. The highest BCUT2D eigenvalue weighted by atomic mass is 32.1. The number of para-hydroxylation sites is 1. The van der Waals surface area contributed by atoms with Gasteiger partial charge in [-0.1, -0.05) is 50.3 Å². The van der Waals surface area contributed by atoms with Crippen molar-refractivity contribution < 1.29 is 18.7 Å². The average molecular weight is 506 g/mol. The molecule has 1 aliphatic rings.